The first kappa shape index (κ1) is 13.9. The summed E-state index contributed by atoms with van der Waals surface area (Å²) in [6, 6.07) is 2.42. The van der Waals surface area contributed by atoms with E-state index < -0.39 is 5.82 Å². The normalized spacial score (nSPS) is 22.9. The van der Waals surface area contributed by atoms with E-state index in [0.717, 1.165) is 13.0 Å². The molecule has 0 saturated heterocycles. The fraction of sp³-hybridized carbons (Fsp3) is 0.571. The van der Waals surface area contributed by atoms with Crippen LogP contribution >= 0.6 is 15.9 Å². The van der Waals surface area contributed by atoms with E-state index in [1.54, 1.807) is 0 Å². The van der Waals surface area contributed by atoms with E-state index in [2.05, 4.69) is 35.1 Å². The third-order valence-corrected chi connectivity index (χ3v) is 4.40. The van der Waals surface area contributed by atoms with Crippen LogP contribution in [0.1, 0.15) is 38.8 Å². The molecule has 1 aromatic carbocycles. The van der Waals surface area contributed by atoms with Gasteiger partial charge in [-0.3, -0.25) is 0 Å². The van der Waals surface area contributed by atoms with Crippen molar-refractivity contribution in [2.24, 2.45) is 11.3 Å². The smallest absolute Gasteiger partial charge is 0.137 e. The number of benzene rings is 1. The first-order chi connectivity index (χ1) is 8.36. The average molecular weight is 318 g/mol. The maximum atomic E-state index is 14.0. The minimum absolute atomic E-state index is 0.104. The fourth-order valence-corrected chi connectivity index (χ4v) is 2.86. The molecule has 0 heterocycles. The van der Waals surface area contributed by atoms with Crippen LogP contribution in [0.5, 0.6) is 0 Å². The van der Waals surface area contributed by atoms with Gasteiger partial charge in [-0.05, 0) is 52.4 Å². The summed E-state index contributed by atoms with van der Waals surface area (Å²) in [7, 11) is 0. The summed E-state index contributed by atoms with van der Waals surface area (Å²) in [5.41, 5.74) is 0.649. The van der Waals surface area contributed by atoms with Crippen LogP contribution in [0.15, 0.2) is 16.6 Å². The molecule has 0 spiro atoms. The standard InChI is InChI=1S/C14H18BrF2N/c1-4-18-13(9-7-14(9,2)3)8-5-12(17)10(15)6-11(8)16/h5-6,9,13,18H,4,7H2,1-3H3. The molecule has 0 radical (unpaired) electrons. The first-order valence-corrected chi connectivity index (χ1v) is 7.04. The van der Waals surface area contributed by atoms with Crippen molar-refractivity contribution in [3.63, 3.8) is 0 Å². The number of hydrogen-bond acceptors (Lipinski definition) is 1. The lowest BCUT2D eigenvalue weighted by atomic mass is 9.96. The molecule has 2 atom stereocenters. The van der Waals surface area contributed by atoms with Crippen molar-refractivity contribution in [3.8, 4) is 0 Å². The number of hydrogen-bond donors (Lipinski definition) is 1. The second-order valence-electron chi connectivity index (χ2n) is 5.62. The topological polar surface area (TPSA) is 12.0 Å². The lowest BCUT2D eigenvalue weighted by Gasteiger charge is -2.21. The van der Waals surface area contributed by atoms with Crippen LogP contribution in [0.2, 0.25) is 0 Å². The molecule has 1 fully saturated rings. The number of rotatable bonds is 4. The van der Waals surface area contributed by atoms with Crippen LogP contribution < -0.4 is 5.32 Å². The molecule has 4 heteroatoms. The van der Waals surface area contributed by atoms with Gasteiger partial charge in [-0.15, -0.1) is 0 Å². The average Bonchev–Trinajstić information content (AvgIpc) is 2.90. The van der Waals surface area contributed by atoms with Gasteiger partial charge in [0.15, 0.2) is 0 Å². The fourth-order valence-electron chi connectivity index (χ4n) is 2.54. The number of nitrogens with one attached hydrogen (secondary N) is 1. The highest BCUT2D eigenvalue weighted by atomic mass is 79.9. The molecule has 2 rings (SSSR count). The molecule has 18 heavy (non-hydrogen) atoms. The molecule has 1 nitrogen and oxygen atoms in total. The predicted molar refractivity (Wildman–Crippen MR) is 72.4 cm³/mol. The van der Waals surface area contributed by atoms with Crippen molar-refractivity contribution in [3.05, 3.63) is 33.8 Å². The van der Waals surface area contributed by atoms with E-state index >= 15 is 0 Å². The molecule has 1 saturated carbocycles. The number of halogens is 3. The Morgan fingerprint density at radius 2 is 2.00 bits per heavy atom. The van der Waals surface area contributed by atoms with E-state index in [0.29, 0.717) is 11.5 Å². The Morgan fingerprint density at radius 1 is 1.39 bits per heavy atom. The highest BCUT2D eigenvalue weighted by Gasteiger charge is 2.50. The molecule has 0 aliphatic heterocycles. The van der Waals surface area contributed by atoms with Crippen LogP contribution in [0.3, 0.4) is 0 Å². The van der Waals surface area contributed by atoms with Gasteiger partial charge < -0.3 is 5.32 Å². The van der Waals surface area contributed by atoms with Crippen molar-refractivity contribution >= 4 is 15.9 Å². The van der Waals surface area contributed by atoms with E-state index in [1.165, 1.54) is 12.1 Å². The van der Waals surface area contributed by atoms with Gasteiger partial charge in [-0.2, -0.15) is 0 Å². The van der Waals surface area contributed by atoms with E-state index in [-0.39, 0.29) is 21.7 Å². The van der Waals surface area contributed by atoms with Gasteiger partial charge in [0.2, 0.25) is 0 Å². The summed E-state index contributed by atoms with van der Waals surface area (Å²) >= 11 is 3.01. The van der Waals surface area contributed by atoms with Crippen LogP contribution in [0.4, 0.5) is 8.78 Å². The SMILES string of the molecule is CCNC(c1cc(F)c(Br)cc1F)C1CC1(C)C. The first-order valence-electron chi connectivity index (χ1n) is 6.24. The summed E-state index contributed by atoms with van der Waals surface area (Å²) in [6.45, 7) is 7.05. The van der Waals surface area contributed by atoms with Gasteiger partial charge in [0.05, 0.1) is 4.47 Å². The molecule has 1 aromatic rings. The van der Waals surface area contributed by atoms with E-state index in [9.17, 15) is 8.78 Å². The van der Waals surface area contributed by atoms with Crippen LogP contribution in [0.25, 0.3) is 0 Å². The van der Waals surface area contributed by atoms with Crippen molar-refractivity contribution < 1.29 is 8.78 Å². The van der Waals surface area contributed by atoms with Gasteiger partial charge >= 0.3 is 0 Å². The van der Waals surface area contributed by atoms with Crippen LogP contribution in [0, 0.1) is 23.0 Å². The second-order valence-corrected chi connectivity index (χ2v) is 6.48. The summed E-state index contributed by atoms with van der Waals surface area (Å²) in [5.74, 6) is -0.391. The maximum Gasteiger partial charge on any atom is 0.137 e. The Balaban J connectivity index is 2.34. The quantitative estimate of drug-likeness (QED) is 0.810. The zero-order valence-electron chi connectivity index (χ0n) is 10.9. The molecule has 0 bridgehead atoms. The lowest BCUT2D eigenvalue weighted by Crippen LogP contribution is -2.25. The van der Waals surface area contributed by atoms with Gasteiger partial charge in [0.1, 0.15) is 11.6 Å². The zero-order valence-corrected chi connectivity index (χ0v) is 12.4. The van der Waals surface area contributed by atoms with Gasteiger partial charge in [0.25, 0.3) is 0 Å². The van der Waals surface area contributed by atoms with Crippen LogP contribution in [-0.4, -0.2) is 6.54 Å². The minimum Gasteiger partial charge on any atom is -0.310 e. The van der Waals surface area contributed by atoms with Gasteiger partial charge in [0, 0.05) is 11.6 Å². The van der Waals surface area contributed by atoms with E-state index in [4.69, 9.17) is 0 Å². The third-order valence-electron chi connectivity index (χ3n) is 3.79. The molecule has 0 amide bonds. The highest BCUT2D eigenvalue weighted by molar-refractivity contribution is 9.10. The molecule has 1 aliphatic carbocycles. The zero-order chi connectivity index (χ0) is 13.5. The Bertz CT molecular complexity index is 459. The monoisotopic (exact) mass is 317 g/mol. The predicted octanol–water partition coefficient (Wildman–Crippen LogP) is 4.42. The van der Waals surface area contributed by atoms with Crippen molar-refractivity contribution in [2.75, 3.05) is 6.54 Å². The van der Waals surface area contributed by atoms with Crippen LogP contribution in [-0.2, 0) is 0 Å². The van der Waals surface area contributed by atoms with Gasteiger partial charge in [-0.1, -0.05) is 20.8 Å². The minimum atomic E-state index is -0.409. The summed E-state index contributed by atoms with van der Waals surface area (Å²) in [6.07, 6.45) is 1.04. The molecule has 1 aliphatic rings. The maximum absolute atomic E-state index is 14.0. The largest absolute Gasteiger partial charge is 0.310 e. The van der Waals surface area contributed by atoms with E-state index in [1.807, 2.05) is 6.92 Å². The molecular formula is C14H18BrF2N. The third kappa shape index (κ3) is 2.59. The van der Waals surface area contributed by atoms with Crippen molar-refractivity contribution in [1.29, 1.82) is 0 Å². The highest BCUT2D eigenvalue weighted by Crippen LogP contribution is 2.58. The molecule has 1 N–H and O–H groups in total. The summed E-state index contributed by atoms with van der Waals surface area (Å²) in [4.78, 5) is 0. The van der Waals surface area contributed by atoms with Gasteiger partial charge in [-0.25, -0.2) is 8.78 Å². The Morgan fingerprint density at radius 3 is 2.50 bits per heavy atom. The molecule has 2 unspecified atom stereocenters. The Labute approximate surface area is 115 Å². The van der Waals surface area contributed by atoms with Crippen molar-refractivity contribution in [2.45, 2.75) is 33.2 Å². The van der Waals surface area contributed by atoms with Crippen molar-refractivity contribution in [1.82, 2.24) is 5.32 Å². The molecular weight excluding hydrogens is 300 g/mol. The second kappa shape index (κ2) is 4.89. The molecule has 100 valence electrons. The lowest BCUT2D eigenvalue weighted by molar-refractivity contribution is 0.407. The summed E-state index contributed by atoms with van der Waals surface area (Å²) in [5, 5.41) is 3.28. The summed E-state index contributed by atoms with van der Waals surface area (Å²) < 4.78 is 27.8. The Hall–Kier alpha value is -0.480. The molecule has 0 aromatic heterocycles. The Kier molecular flexibility index (Phi) is 3.79.